The van der Waals surface area contributed by atoms with Crippen molar-refractivity contribution in [3.63, 3.8) is 0 Å². The number of halogens is 3. The van der Waals surface area contributed by atoms with Crippen molar-refractivity contribution < 1.29 is 0 Å². The van der Waals surface area contributed by atoms with Crippen LogP contribution in [0.2, 0.25) is 5.02 Å². The van der Waals surface area contributed by atoms with Crippen LogP contribution < -0.4 is 0 Å². The highest BCUT2D eigenvalue weighted by atomic mass is 79.9. The molecule has 2 aromatic carbocycles. The Balaban J connectivity index is 1.87. The molecule has 0 aliphatic heterocycles. The molecule has 1 heterocycles. The first-order chi connectivity index (χ1) is 10.6. The molecule has 0 spiro atoms. The Hall–Kier alpha value is -0.940. The molecule has 0 atom stereocenters. The molecule has 0 fully saturated rings. The zero-order chi connectivity index (χ0) is 15.5. The molecule has 0 amide bonds. The van der Waals surface area contributed by atoms with Gasteiger partial charge in [-0.1, -0.05) is 57.9 Å². The van der Waals surface area contributed by atoms with E-state index in [-0.39, 0.29) is 0 Å². The molecule has 0 saturated carbocycles. The lowest BCUT2D eigenvalue weighted by atomic mass is 10.2. The zero-order valence-electron chi connectivity index (χ0n) is 11.3. The van der Waals surface area contributed by atoms with Gasteiger partial charge in [0.2, 0.25) is 0 Å². The van der Waals surface area contributed by atoms with Crippen molar-refractivity contribution in [3.8, 4) is 11.3 Å². The van der Waals surface area contributed by atoms with Gasteiger partial charge in [-0.25, -0.2) is 4.98 Å². The largest absolute Gasteiger partial charge is 0.235 e. The standard InChI is InChI=1S/C17H10Br2ClNS/c18-13-3-1-2-11(10-13)4-9-15-21-16(17(19)22-15)12-5-7-14(20)8-6-12/h1-10H/b9-4+. The van der Waals surface area contributed by atoms with Gasteiger partial charge in [-0.3, -0.25) is 0 Å². The Morgan fingerprint density at radius 2 is 1.77 bits per heavy atom. The van der Waals surface area contributed by atoms with Gasteiger partial charge in [-0.2, -0.15) is 0 Å². The highest BCUT2D eigenvalue weighted by Gasteiger charge is 2.09. The zero-order valence-corrected chi connectivity index (χ0v) is 16.0. The van der Waals surface area contributed by atoms with Gasteiger partial charge in [0.1, 0.15) is 5.01 Å². The van der Waals surface area contributed by atoms with Crippen molar-refractivity contribution in [1.82, 2.24) is 4.98 Å². The molecule has 5 heteroatoms. The Kier molecular flexibility index (Phi) is 5.14. The third-order valence-electron chi connectivity index (χ3n) is 2.99. The van der Waals surface area contributed by atoms with Crippen LogP contribution >= 0.6 is 54.8 Å². The van der Waals surface area contributed by atoms with E-state index in [0.717, 1.165) is 35.1 Å². The van der Waals surface area contributed by atoms with E-state index in [0.29, 0.717) is 0 Å². The van der Waals surface area contributed by atoms with Crippen molar-refractivity contribution in [3.05, 3.63) is 72.4 Å². The average molecular weight is 456 g/mol. The molecular formula is C17H10Br2ClNS. The van der Waals surface area contributed by atoms with E-state index in [1.54, 1.807) is 11.3 Å². The smallest absolute Gasteiger partial charge is 0.117 e. The second-order valence-corrected chi connectivity index (χ2v) is 8.27. The fourth-order valence-electron chi connectivity index (χ4n) is 1.95. The minimum absolute atomic E-state index is 0.727. The molecule has 3 aromatic rings. The van der Waals surface area contributed by atoms with E-state index >= 15 is 0 Å². The summed E-state index contributed by atoms with van der Waals surface area (Å²) in [4.78, 5) is 4.68. The van der Waals surface area contributed by atoms with E-state index in [1.807, 2.05) is 42.5 Å². The second kappa shape index (κ2) is 7.09. The Morgan fingerprint density at radius 1 is 1.00 bits per heavy atom. The summed E-state index contributed by atoms with van der Waals surface area (Å²) >= 11 is 14.6. The first-order valence-electron chi connectivity index (χ1n) is 6.48. The number of aromatic nitrogens is 1. The molecule has 0 bridgehead atoms. The van der Waals surface area contributed by atoms with Crippen molar-refractivity contribution in [1.29, 1.82) is 0 Å². The quantitative estimate of drug-likeness (QED) is 0.408. The predicted octanol–water partition coefficient (Wildman–Crippen LogP) is 7.16. The van der Waals surface area contributed by atoms with Crippen LogP contribution in [-0.2, 0) is 0 Å². The summed E-state index contributed by atoms with van der Waals surface area (Å²) in [5, 5.41) is 1.68. The van der Waals surface area contributed by atoms with Gasteiger partial charge in [0.25, 0.3) is 0 Å². The van der Waals surface area contributed by atoms with Gasteiger partial charge in [0.15, 0.2) is 0 Å². The maximum absolute atomic E-state index is 5.93. The molecular weight excluding hydrogens is 446 g/mol. The normalized spacial score (nSPS) is 11.2. The predicted molar refractivity (Wildman–Crippen MR) is 103 cm³/mol. The van der Waals surface area contributed by atoms with Crippen LogP contribution in [0.3, 0.4) is 0 Å². The lowest BCUT2D eigenvalue weighted by Crippen LogP contribution is -1.79. The van der Waals surface area contributed by atoms with Crippen LogP contribution in [0.4, 0.5) is 0 Å². The molecule has 0 saturated heterocycles. The van der Waals surface area contributed by atoms with Gasteiger partial charge < -0.3 is 0 Å². The van der Waals surface area contributed by atoms with E-state index in [4.69, 9.17) is 11.6 Å². The van der Waals surface area contributed by atoms with E-state index in [2.05, 4.69) is 55.1 Å². The topological polar surface area (TPSA) is 12.9 Å². The van der Waals surface area contributed by atoms with Crippen LogP contribution in [0.15, 0.2) is 56.8 Å². The van der Waals surface area contributed by atoms with Crippen LogP contribution in [0, 0.1) is 0 Å². The Bertz CT molecular complexity index is 825. The first kappa shape index (κ1) is 15.9. The van der Waals surface area contributed by atoms with Gasteiger partial charge in [0.05, 0.1) is 9.48 Å². The molecule has 22 heavy (non-hydrogen) atoms. The van der Waals surface area contributed by atoms with Crippen LogP contribution in [0.1, 0.15) is 10.6 Å². The van der Waals surface area contributed by atoms with Crippen LogP contribution in [0.5, 0.6) is 0 Å². The van der Waals surface area contributed by atoms with Gasteiger partial charge >= 0.3 is 0 Å². The maximum Gasteiger partial charge on any atom is 0.117 e. The summed E-state index contributed by atoms with van der Waals surface area (Å²) in [6.45, 7) is 0. The molecule has 1 nitrogen and oxygen atoms in total. The van der Waals surface area contributed by atoms with Gasteiger partial charge in [0, 0.05) is 15.1 Å². The number of thiazole rings is 1. The minimum Gasteiger partial charge on any atom is -0.235 e. The van der Waals surface area contributed by atoms with E-state index in [1.165, 1.54) is 0 Å². The minimum atomic E-state index is 0.727. The van der Waals surface area contributed by atoms with E-state index < -0.39 is 0 Å². The number of rotatable bonds is 3. The lowest BCUT2D eigenvalue weighted by Gasteiger charge is -1.97. The number of hydrogen-bond donors (Lipinski definition) is 0. The fraction of sp³-hybridized carbons (Fsp3) is 0. The number of hydrogen-bond acceptors (Lipinski definition) is 2. The van der Waals surface area contributed by atoms with Gasteiger partial charge in [-0.05, 0) is 51.8 Å². The summed E-state index contributed by atoms with van der Waals surface area (Å²) in [6.07, 6.45) is 4.08. The van der Waals surface area contributed by atoms with Crippen LogP contribution in [-0.4, -0.2) is 4.98 Å². The third-order valence-corrected chi connectivity index (χ3v) is 5.40. The Morgan fingerprint density at radius 3 is 2.50 bits per heavy atom. The number of nitrogens with zero attached hydrogens (tertiary/aromatic N) is 1. The highest BCUT2D eigenvalue weighted by molar-refractivity contribution is 9.11. The summed E-state index contributed by atoms with van der Waals surface area (Å²) in [5.74, 6) is 0. The average Bonchev–Trinajstić information content (AvgIpc) is 2.87. The molecule has 0 unspecified atom stereocenters. The summed E-state index contributed by atoms with van der Waals surface area (Å²) in [5.41, 5.74) is 3.12. The van der Waals surface area contributed by atoms with Crippen molar-refractivity contribution >= 4 is 66.9 Å². The van der Waals surface area contributed by atoms with Crippen LogP contribution in [0.25, 0.3) is 23.4 Å². The third kappa shape index (κ3) is 3.87. The van der Waals surface area contributed by atoms with E-state index in [9.17, 15) is 0 Å². The van der Waals surface area contributed by atoms with Gasteiger partial charge in [-0.15, -0.1) is 11.3 Å². The van der Waals surface area contributed by atoms with Crippen molar-refractivity contribution in [2.45, 2.75) is 0 Å². The fourth-order valence-corrected chi connectivity index (χ4v) is 4.03. The highest BCUT2D eigenvalue weighted by Crippen LogP contribution is 2.34. The second-order valence-electron chi connectivity index (χ2n) is 4.57. The molecule has 110 valence electrons. The summed E-state index contributed by atoms with van der Waals surface area (Å²) in [7, 11) is 0. The monoisotopic (exact) mass is 453 g/mol. The number of benzene rings is 2. The molecule has 0 N–H and O–H groups in total. The lowest BCUT2D eigenvalue weighted by molar-refractivity contribution is 1.38. The molecule has 3 rings (SSSR count). The molecule has 0 radical (unpaired) electrons. The molecule has 0 aliphatic rings. The first-order valence-corrected chi connectivity index (χ1v) is 9.26. The SMILES string of the molecule is Clc1ccc(-c2nc(/C=C/c3cccc(Br)c3)sc2Br)cc1. The Labute approximate surface area is 154 Å². The molecule has 1 aromatic heterocycles. The van der Waals surface area contributed by atoms with Crippen molar-refractivity contribution in [2.75, 3.05) is 0 Å². The summed E-state index contributed by atoms with van der Waals surface area (Å²) in [6, 6.07) is 15.9. The maximum atomic E-state index is 5.93. The summed E-state index contributed by atoms with van der Waals surface area (Å²) < 4.78 is 2.08. The molecule has 0 aliphatic carbocycles. The van der Waals surface area contributed by atoms with Crippen molar-refractivity contribution in [2.24, 2.45) is 0 Å².